The van der Waals surface area contributed by atoms with E-state index in [9.17, 15) is 4.79 Å². The normalized spacial score (nSPS) is 10.0. The summed E-state index contributed by atoms with van der Waals surface area (Å²) in [5.74, 6) is -0.121. The third kappa shape index (κ3) is 3.61. The maximum atomic E-state index is 12.8. The second kappa shape index (κ2) is 7.23. The quantitative estimate of drug-likeness (QED) is 0.859. The van der Waals surface area contributed by atoms with Crippen LogP contribution in [-0.4, -0.2) is 22.3 Å². The number of nitriles is 1. The first-order valence-corrected chi connectivity index (χ1v) is 7.03. The van der Waals surface area contributed by atoms with E-state index in [2.05, 4.69) is 11.1 Å². The van der Waals surface area contributed by atoms with Crippen molar-refractivity contribution in [3.8, 4) is 6.07 Å². The Kier molecular flexibility index (Phi) is 5.10. The number of hydrogen-bond donors (Lipinski definition) is 1. The average molecular weight is 294 g/mol. The van der Waals surface area contributed by atoms with Gasteiger partial charge in [-0.1, -0.05) is 12.1 Å². The van der Waals surface area contributed by atoms with Crippen molar-refractivity contribution in [3.63, 3.8) is 0 Å². The van der Waals surface area contributed by atoms with Crippen LogP contribution in [0.4, 0.5) is 5.69 Å². The fourth-order valence-electron chi connectivity index (χ4n) is 2.20. The molecule has 1 aromatic carbocycles. The van der Waals surface area contributed by atoms with E-state index in [-0.39, 0.29) is 12.3 Å². The van der Waals surface area contributed by atoms with Crippen molar-refractivity contribution < 1.29 is 4.79 Å². The molecule has 2 N–H and O–H groups in total. The van der Waals surface area contributed by atoms with E-state index in [1.165, 1.54) is 0 Å². The number of carbonyl (C=O) groups excluding carboxylic acids is 1. The summed E-state index contributed by atoms with van der Waals surface area (Å²) in [6.07, 6.45) is 3.69. The summed E-state index contributed by atoms with van der Waals surface area (Å²) in [5.41, 5.74) is 8.73. The Hall–Kier alpha value is -2.87. The molecule has 1 amide bonds. The molecule has 2 rings (SSSR count). The first-order valence-electron chi connectivity index (χ1n) is 7.03. The molecule has 0 bridgehead atoms. The average Bonchev–Trinajstić information content (AvgIpc) is 2.54. The Morgan fingerprint density at radius 3 is 2.86 bits per heavy atom. The molecule has 0 atom stereocenters. The van der Waals surface area contributed by atoms with Gasteiger partial charge in [-0.15, -0.1) is 0 Å². The monoisotopic (exact) mass is 294 g/mol. The maximum Gasteiger partial charge on any atom is 0.254 e. The summed E-state index contributed by atoms with van der Waals surface area (Å²) in [7, 11) is 0. The Bertz CT molecular complexity index is 692. The van der Waals surface area contributed by atoms with Crippen LogP contribution < -0.4 is 5.73 Å². The third-order valence-electron chi connectivity index (χ3n) is 3.48. The molecule has 1 heterocycles. The predicted octanol–water partition coefficient (Wildman–Crippen LogP) is 2.53. The number of carbonyl (C=O) groups is 1. The maximum absolute atomic E-state index is 12.8. The van der Waals surface area contributed by atoms with Gasteiger partial charge in [0.05, 0.1) is 12.5 Å². The SMILES string of the molecule is Cc1c(N)cccc1C(=O)N(CCC#N)Cc1cccnc1. The van der Waals surface area contributed by atoms with Crippen molar-refractivity contribution in [2.45, 2.75) is 19.9 Å². The van der Waals surface area contributed by atoms with Gasteiger partial charge in [-0.25, -0.2) is 0 Å². The van der Waals surface area contributed by atoms with Crippen LogP contribution in [0.5, 0.6) is 0 Å². The summed E-state index contributed by atoms with van der Waals surface area (Å²) >= 11 is 0. The molecule has 112 valence electrons. The first kappa shape index (κ1) is 15.5. The molecule has 0 fully saturated rings. The zero-order chi connectivity index (χ0) is 15.9. The summed E-state index contributed by atoms with van der Waals surface area (Å²) in [6.45, 7) is 2.62. The van der Waals surface area contributed by atoms with Gasteiger partial charge < -0.3 is 10.6 Å². The zero-order valence-corrected chi connectivity index (χ0v) is 12.5. The fourth-order valence-corrected chi connectivity index (χ4v) is 2.20. The van der Waals surface area contributed by atoms with Gasteiger partial charge in [0.25, 0.3) is 5.91 Å². The Morgan fingerprint density at radius 1 is 1.36 bits per heavy atom. The zero-order valence-electron chi connectivity index (χ0n) is 12.5. The Labute approximate surface area is 130 Å². The van der Waals surface area contributed by atoms with Gasteiger partial charge in [0.1, 0.15) is 0 Å². The number of pyridine rings is 1. The summed E-state index contributed by atoms with van der Waals surface area (Å²) < 4.78 is 0. The number of aromatic nitrogens is 1. The van der Waals surface area contributed by atoms with E-state index in [1.54, 1.807) is 35.5 Å². The highest BCUT2D eigenvalue weighted by molar-refractivity contribution is 5.96. The summed E-state index contributed by atoms with van der Waals surface area (Å²) in [6, 6.07) is 11.1. The molecule has 0 saturated heterocycles. The van der Waals surface area contributed by atoms with Gasteiger partial charge in [0, 0.05) is 36.7 Å². The van der Waals surface area contributed by atoms with Crippen LogP contribution in [0, 0.1) is 18.3 Å². The van der Waals surface area contributed by atoms with Crippen molar-refractivity contribution in [1.29, 1.82) is 5.26 Å². The number of rotatable bonds is 5. The number of nitrogen functional groups attached to an aromatic ring is 1. The van der Waals surface area contributed by atoms with Crippen molar-refractivity contribution in [3.05, 3.63) is 59.4 Å². The molecule has 0 unspecified atom stereocenters. The van der Waals surface area contributed by atoms with Gasteiger partial charge in [0.2, 0.25) is 0 Å². The summed E-state index contributed by atoms with van der Waals surface area (Å²) in [4.78, 5) is 18.5. The van der Waals surface area contributed by atoms with Crippen LogP contribution in [0.2, 0.25) is 0 Å². The molecule has 22 heavy (non-hydrogen) atoms. The second-order valence-corrected chi connectivity index (χ2v) is 5.02. The van der Waals surface area contributed by atoms with Crippen LogP contribution in [-0.2, 0) is 6.54 Å². The minimum Gasteiger partial charge on any atom is -0.398 e. The number of anilines is 1. The van der Waals surface area contributed by atoms with Gasteiger partial charge in [0.15, 0.2) is 0 Å². The fraction of sp³-hybridized carbons (Fsp3) is 0.235. The van der Waals surface area contributed by atoms with E-state index >= 15 is 0 Å². The number of benzene rings is 1. The molecule has 0 aliphatic rings. The molecule has 5 nitrogen and oxygen atoms in total. The lowest BCUT2D eigenvalue weighted by Crippen LogP contribution is -2.32. The molecule has 0 radical (unpaired) electrons. The highest BCUT2D eigenvalue weighted by Crippen LogP contribution is 2.18. The lowest BCUT2D eigenvalue weighted by atomic mass is 10.1. The molecular formula is C17H18N4O. The van der Waals surface area contributed by atoms with Crippen LogP contribution in [0.15, 0.2) is 42.7 Å². The Balaban J connectivity index is 2.26. The lowest BCUT2D eigenvalue weighted by Gasteiger charge is -2.23. The highest BCUT2D eigenvalue weighted by atomic mass is 16.2. The number of nitrogens with two attached hydrogens (primary N) is 1. The smallest absolute Gasteiger partial charge is 0.254 e. The van der Waals surface area contributed by atoms with Crippen molar-refractivity contribution >= 4 is 11.6 Å². The van der Waals surface area contributed by atoms with Crippen LogP contribution in [0.1, 0.15) is 27.9 Å². The van der Waals surface area contributed by atoms with Crippen LogP contribution in [0.3, 0.4) is 0 Å². The minimum atomic E-state index is -0.121. The second-order valence-electron chi connectivity index (χ2n) is 5.02. The van der Waals surface area contributed by atoms with E-state index in [4.69, 9.17) is 11.0 Å². The molecule has 0 saturated carbocycles. The highest BCUT2D eigenvalue weighted by Gasteiger charge is 2.18. The van der Waals surface area contributed by atoms with Gasteiger partial charge >= 0.3 is 0 Å². The van der Waals surface area contributed by atoms with E-state index < -0.39 is 0 Å². The van der Waals surface area contributed by atoms with Gasteiger partial charge in [-0.05, 0) is 36.2 Å². The predicted molar refractivity (Wildman–Crippen MR) is 84.8 cm³/mol. The van der Waals surface area contributed by atoms with Crippen LogP contribution >= 0.6 is 0 Å². The molecule has 1 aromatic heterocycles. The largest absolute Gasteiger partial charge is 0.398 e. The molecule has 0 spiro atoms. The molecule has 0 aliphatic carbocycles. The third-order valence-corrected chi connectivity index (χ3v) is 3.48. The molecule has 2 aromatic rings. The number of hydrogen-bond acceptors (Lipinski definition) is 4. The number of amides is 1. The topological polar surface area (TPSA) is 83.0 Å². The molecule has 0 aliphatic heterocycles. The molecule has 5 heteroatoms. The van der Waals surface area contributed by atoms with E-state index in [0.717, 1.165) is 11.1 Å². The Morgan fingerprint density at radius 2 is 2.18 bits per heavy atom. The van der Waals surface area contributed by atoms with Gasteiger partial charge in [-0.3, -0.25) is 9.78 Å². The van der Waals surface area contributed by atoms with Crippen molar-refractivity contribution in [1.82, 2.24) is 9.88 Å². The van der Waals surface area contributed by atoms with Crippen molar-refractivity contribution in [2.24, 2.45) is 0 Å². The van der Waals surface area contributed by atoms with Crippen LogP contribution in [0.25, 0.3) is 0 Å². The molecular weight excluding hydrogens is 276 g/mol. The lowest BCUT2D eigenvalue weighted by molar-refractivity contribution is 0.0746. The standard InChI is InChI=1S/C17H18N4O/c1-13-15(6-2-7-16(13)19)17(22)21(10-4-8-18)12-14-5-3-9-20-11-14/h2-3,5-7,9,11H,4,10,12,19H2,1H3. The van der Waals surface area contributed by atoms with E-state index in [1.807, 2.05) is 19.1 Å². The van der Waals surface area contributed by atoms with Gasteiger partial charge in [-0.2, -0.15) is 5.26 Å². The first-order chi connectivity index (χ1) is 10.6. The minimum absolute atomic E-state index is 0.121. The van der Waals surface area contributed by atoms with E-state index in [0.29, 0.717) is 24.3 Å². The summed E-state index contributed by atoms with van der Waals surface area (Å²) in [5, 5.41) is 8.81. The number of nitrogens with zero attached hydrogens (tertiary/aromatic N) is 3. The van der Waals surface area contributed by atoms with Crippen molar-refractivity contribution in [2.75, 3.05) is 12.3 Å².